The zero-order valence-electron chi connectivity index (χ0n) is 12.3. The Labute approximate surface area is 125 Å². The summed E-state index contributed by atoms with van der Waals surface area (Å²) in [4.78, 5) is 11.2. The maximum absolute atomic E-state index is 12.2. The number of hydrogen-bond donors (Lipinski definition) is 2. The minimum atomic E-state index is -3.34. The van der Waals surface area contributed by atoms with Gasteiger partial charge in [-0.2, -0.15) is 0 Å². The highest BCUT2D eigenvalue weighted by atomic mass is 32.2. The van der Waals surface area contributed by atoms with Crippen LogP contribution in [0.1, 0.15) is 45.1 Å². The van der Waals surface area contributed by atoms with Crippen molar-refractivity contribution in [2.24, 2.45) is 0 Å². The largest absolute Gasteiger partial charge is 0.481 e. The van der Waals surface area contributed by atoms with Gasteiger partial charge in [-0.15, -0.1) is 0 Å². The van der Waals surface area contributed by atoms with Crippen molar-refractivity contribution in [2.75, 3.05) is 4.72 Å². The number of rotatable bonds is 5. The Hall–Kier alpha value is -1.56. The molecule has 1 aliphatic rings. The smallest absolute Gasteiger partial charge is 0.313 e. The topological polar surface area (TPSA) is 83.5 Å². The molecule has 0 atom stereocenters. The maximum Gasteiger partial charge on any atom is 0.313 e. The number of aliphatic carboxylic acids is 1. The van der Waals surface area contributed by atoms with Crippen molar-refractivity contribution in [1.29, 1.82) is 0 Å². The molecule has 1 aliphatic carbocycles. The molecular weight excluding hydrogens is 290 g/mol. The molecule has 1 saturated carbocycles. The molecule has 0 spiro atoms. The van der Waals surface area contributed by atoms with Gasteiger partial charge in [0.2, 0.25) is 10.0 Å². The zero-order valence-corrected chi connectivity index (χ0v) is 13.1. The third-order valence-electron chi connectivity index (χ3n) is 4.14. The van der Waals surface area contributed by atoms with E-state index in [1.807, 2.05) is 0 Å². The van der Waals surface area contributed by atoms with Gasteiger partial charge in [-0.3, -0.25) is 9.52 Å². The molecule has 2 N–H and O–H groups in total. The van der Waals surface area contributed by atoms with E-state index in [1.54, 1.807) is 38.1 Å². The number of nitrogens with one attached hydrogen (secondary N) is 1. The van der Waals surface area contributed by atoms with Gasteiger partial charge in [-0.1, -0.05) is 25.0 Å². The van der Waals surface area contributed by atoms with Crippen molar-refractivity contribution in [3.8, 4) is 0 Å². The highest BCUT2D eigenvalue weighted by Gasteiger charge is 2.30. The molecule has 116 valence electrons. The van der Waals surface area contributed by atoms with Gasteiger partial charge in [0.05, 0.1) is 10.7 Å². The van der Waals surface area contributed by atoms with Crippen LogP contribution in [0.2, 0.25) is 0 Å². The van der Waals surface area contributed by atoms with E-state index in [0.29, 0.717) is 24.1 Å². The van der Waals surface area contributed by atoms with E-state index in [4.69, 9.17) is 0 Å². The second-order valence-electron chi connectivity index (χ2n) is 6.06. The molecule has 1 fully saturated rings. The molecule has 0 aromatic heterocycles. The Balaban J connectivity index is 2.14. The lowest BCUT2D eigenvalue weighted by atomic mass is 9.85. The van der Waals surface area contributed by atoms with E-state index in [2.05, 4.69) is 4.72 Å². The highest BCUT2D eigenvalue weighted by molar-refractivity contribution is 7.93. The van der Waals surface area contributed by atoms with Gasteiger partial charge in [0.1, 0.15) is 0 Å². The first-order valence-electron chi connectivity index (χ1n) is 7.09. The normalized spacial score (nSPS) is 16.9. The number of hydrogen-bond acceptors (Lipinski definition) is 3. The van der Waals surface area contributed by atoms with Crippen molar-refractivity contribution >= 4 is 21.7 Å². The molecule has 0 heterocycles. The number of carboxylic acids is 1. The summed E-state index contributed by atoms with van der Waals surface area (Å²) >= 11 is 0. The number of sulfonamides is 1. The van der Waals surface area contributed by atoms with Gasteiger partial charge < -0.3 is 5.11 Å². The summed E-state index contributed by atoms with van der Waals surface area (Å²) in [5.41, 5.74) is 0.119. The molecule has 5 nitrogen and oxygen atoms in total. The average Bonchev–Trinajstić information content (AvgIpc) is 2.93. The molecule has 0 bridgehead atoms. The van der Waals surface area contributed by atoms with Gasteiger partial charge in [0.15, 0.2) is 0 Å². The number of carboxylic acid groups (broad SMARTS) is 1. The molecule has 6 heteroatoms. The van der Waals surface area contributed by atoms with Crippen LogP contribution in [-0.2, 0) is 20.2 Å². The number of anilines is 1. The molecule has 0 saturated heterocycles. The minimum absolute atomic E-state index is 0.312. The van der Waals surface area contributed by atoms with Gasteiger partial charge in [-0.05, 0) is 44.4 Å². The van der Waals surface area contributed by atoms with Crippen molar-refractivity contribution < 1.29 is 18.3 Å². The molecule has 0 unspecified atom stereocenters. The minimum Gasteiger partial charge on any atom is -0.481 e. The fraction of sp³-hybridized carbons (Fsp3) is 0.533. The Bertz CT molecular complexity index is 614. The quantitative estimate of drug-likeness (QED) is 0.876. The van der Waals surface area contributed by atoms with E-state index >= 15 is 0 Å². The summed E-state index contributed by atoms with van der Waals surface area (Å²) in [7, 11) is -3.34. The third kappa shape index (κ3) is 3.37. The summed E-state index contributed by atoms with van der Waals surface area (Å²) in [5, 5.41) is 8.87. The second kappa shape index (κ2) is 5.67. The molecular formula is C15H21NO4S. The van der Waals surface area contributed by atoms with E-state index in [-0.39, 0.29) is 5.25 Å². The first-order chi connectivity index (χ1) is 9.73. The van der Waals surface area contributed by atoms with E-state index in [1.165, 1.54) is 0 Å². The number of benzene rings is 1. The summed E-state index contributed by atoms with van der Waals surface area (Å²) in [6, 6.07) is 6.54. The fourth-order valence-corrected chi connectivity index (χ4v) is 4.11. The molecule has 1 aromatic rings. The molecule has 21 heavy (non-hydrogen) atoms. The first kappa shape index (κ1) is 15.8. The summed E-state index contributed by atoms with van der Waals surface area (Å²) in [6.07, 6.45) is 3.33. The number of carbonyl (C=O) groups is 1. The molecule has 0 amide bonds. The van der Waals surface area contributed by atoms with Crippen molar-refractivity contribution in [3.05, 3.63) is 29.8 Å². The first-order valence-corrected chi connectivity index (χ1v) is 8.64. The molecule has 1 aromatic carbocycles. The average molecular weight is 311 g/mol. The third-order valence-corrected chi connectivity index (χ3v) is 6.01. The van der Waals surface area contributed by atoms with Crippen LogP contribution in [0.15, 0.2) is 24.3 Å². The lowest BCUT2D eigenvalue weighted by molar-refractivity contribution is -0.142. The molecule has 2 rings (SSSR count). The maximum atomic E-state index is 12.2. The van der Waals surface area contributed by atoms with Crippen LogP contribution in [0.3, 0.4) is 0 Å². The zero-order chi connectivity index (χ0) is 15.7. The van der Waals surface area contributed by atoms with E-state index in [0.717, 1.165) is 12.8 Å². The lowest BCUT2D eigenvalue weighted by Gasteiger charge is -2.20. The highest BCUT2D eigenvalue weighted by Crippen LogP contribution is 2.28. The Morgan fingerprint density at radius 3 is 2.19 bits per heavy atom. The fourth-order valence-electron chi connectivity index (χ4n) is 2.52. The van der Waals surface area contributed by atoms with Gasteiger partial charge >= 0.3 is 5.97 Å². The van der Waals surface area contributed by atoms with Crippen LogP contribution >= 0.6 is 0 Å². The van der Waals surface area contributed by atoms with Crippen LogP contribution in [0.4, 0.5) is 5.69 Å². The molecule has 0 radical (unpaired) electrons. The van der Waals surface area contributed by atoms with E-state index < -0.39 is 21.4 Å². The monoisotopic (exact) mass is 311 g/mol. The van der Waals surface area contributed by atoms with Crippen LogP contribution < -0.4 is 4.72 Å². The second-order valence-corrected chi connectivity index (χ2v) is 8.02. The summed E-state index contributed by atoms with van der Waals surface area (Å²) < 4.78 is 27.0. The lowest BCUT2D eigenvalue weighted by Crippen LogP contribution is -2.28. The van der Waals surface area contributed by atoms with Gasteiger partial charge in [0.25, 0.3) is 0 Å². The van der Waals surface area contributed by atoms with Crippen LogP contribution in [0.25, 0.3) is 0 Å². The van der Waals surface area contributed by atoms with Crippen LogP contribution in [0.5, 0.6) is 0 Å². The van der Waals surface area contributed by atoms with Gasteiger partial charge in [0, 0.05) is 5.69 Å². The van der Waals surface area contributed by atoms with Gasteiger partial charge in [-0.25, -0.2) is 8.42 Å². The van der Waals surface area contributed by atoms with Crippen LogP contribution in [0, 0.1) is 0 Å². The van der Waals surface area contributed by atoms with E-state index in [9.17, 15) is 18.3 Å². The van der Waals surface area contributed by atoms with Crippen molar-refractivity contribution in [1.82, 2.24) is 0 Å². The predicted octanol–water partition coefficient (Wildman–Crippen LogP) is 2.73. The Kier molecular flexibility index (Phi) is 4.27. The SMILES string of the molecule is CC(C)(C(=O)O)c1ccc(NS(=O)(=O)C2CCCC2)cc1. The predicted molar refractivity (Wildman–Crippen MR) is 81.9 cm³/mol. The Morgan fingerprint density at radius 2 is 1.71 bits per heavy atom. The van der Waals surface area contributed by atoms with Crippen molar-refractivity contribution in [3.63, 3.8) is 0 Å². The summed E-state index contributed by atoms with van der Waals surface area (Å²) in [5.74, 6) is -0.915. The Morgan fingerprint density at radius 1 is 1.19 bits per heavy atom. The standard InChI is InChI=1S/C15H21NO4S/c1-15(2,14(17)18)11-7-9-12(10-8-11)16-21(19,20)13-5-3-4-6-13/h7-10,13,16H,3-6H2,1-2H3,(H,17,18). The summed E-state index contributed by atoms with van der Waals surface area (Å²) in [6.45, 7) is 3.24. The van der Waals surface area contributed by atoms with Crippen LogP contribution in [-0.4, -0.2) is 24.7 Å². The molecule has 0 aliphatic heterocycles. The van der Waals surface area contributed by atoms with Crippen molar-refractivity contribution in [2.45, 2.75) is 50.2 Å².